The van der Waals surface area contributed by atoms with E-state index in [1.165, 1.54) is 24.3 Å². The van der Waals surface area contributed by atoms with Crippen molar-refractivity contribution in [2.75, 3.05) is 5.32 Å². The van der Waals surface area contributed by atoms with Gasteiger partial charge in [0.2, 0.25) is 5.91 Å². The summed E-state index contributed by atoms with van der Waals surface area (Å²) in [5.74, 6) is -0.838. The van der Waals surface area contributed by atoms with Crippen molar-refractivity contribution < 1.29 is 22.7 Å². The Kier molecular flexibility index (Phi) is 5.75. The number of benzene rings is 2. The van der Waals surface area contributed by atoms with Gasteiger partial charge >= 0.3 is 6.36 Å². The molecule has 0 aliphatic carbocycles. The topological polar surface area (TPSA) is 38.3 Å². The third-order valence-corrected chi connectivity index (χ3v) is 3.29. The molecule has 3 nitrogen and oxygen atoms in total. The predicted octanol–water partition coefficient (Wildman–Crippen LogP) is 5.54. The summed E-state index contributed by atoms with van der Waals surface area (Å²) in [5, 5.41) is 3.37. The maximum absolute atomic E-state index is 12.1. The molecule has 0 heterocycles. The fourth-order valence-corrected chi connectivity index (χ4v) is 2.20. The highest BCUT2D eigenvalue weighted by atomic mass is 35.5. The second-order valence-corrected chi connectivity index (χ2v) is 5.40. The van der Waals surface area contributed by atoms with Gasteiger partial charge in [0, 0.05) is 21.8 Å². The Hall–Kier alpha value is -2.18. The van der Waals surface area contributed by atoms with E-state index in [9.17, 15) is 18.0 Å². The summed E-state index contributed by atoms with van der Waals surface area (Å²) in [6.45, 7) is 0. The van der Waals surface area contributed by atoms with Gasteiger partial charge in [-0.1, -0.05) is 29.3 Å². The zero-order valence-electron chi connectivity index (χ0n) is 11.9. The van der Waals surface area contributed by atoms with Crippen molar-refractivity contribution in [1.29, 1.82) is 0 Å². The molecule has 126 valence electrons. The highest BCUT2D eigenvalue weighted by Crippen LogP contribution is 2.24. The minimum Gasteiger partial charge on any atom is -0.406 e. The molecule has 0 bridgehead atoms. The van der Waals surface area contributed by atoms with Gasteiger partial charge in [-0.25, -0.2) is 0 Å². The number of hydrogen-bond donors (Lipinski definition) is 1. The molecule has 2 rings (SSSR count). The number of nitrogens with one attached hydrogen (secondary N) is 1. The van der Waals surface area contributed by atoms with Gasteiger partial charge in [0.15, 0.2) is 0 Å². The Morgan fingerprint density at radius 2 is 1.75 bits per heavy atom. The molecule has 0 atom stereocenters. The van der Waals surface area contributed by atoms with E-state index < -0.39 is 12.3 Å². The largest absolute Gasteiger partial charge is 0.573 e. The maximum Gasteiger partial charge on any atom is 0.573 e. The molecule has 1 amide bonds. The zero-order chi connectivity index (χ0) is 17.7. The van der Waals surface area contributed by atoms with Gasteiger partial charge in [-0.3, -0.25) is 4.79 Å². The number of carbonyl (C=O) groups excluding carboxylic acids is 1. The van der Waals surface area contributed by atoms with Crippen LogP contribution in [0.2, 0.25) is 10.0 Å². The van der Waals surface area contributed by atoms with Crippen molar-refractivity contribution in [3.63, 3.8) is 0 Å². The lowest BCUT2D eigenvalue weighted by atomic mass is 10.2. The number of rotatable bonds is 4. The van der Waals surface area contributed by atoms with E-state index in [0.29, 0.717) is 21.3 Å². The van der Waals surface area contributed by atoms with Gasteiger partial charge < -0.3 is 10.1 Å². The van der Waals surface area contributed by atoms with Crippen molar-refractivity contribution in [1.82, 2.24) is 0 Å². The summed E-state index contributed by atoms with van der Waals surface area (Å²) < 4.78 is 39.9. The van der Waals surface area contributed by atoms with Crippen LogP contribution in [0, 0.1) is 0 Å². The molecule has 2 aromatic carbocycles. The molecular weight excluding hydrogens is 366 g/mol. The Balaban J connectivity index is 1.98. The van der Waals surface area contributed by atoms with E-state index >= 15 is 0 Å². The molecule has 0 radical (unpaired) electrons. The summed E-state index contributed by atoms with van der Waals surface area (Å²) >= 11 is 11.7. The Bertz CT molecular complexity index is 759. The van der Waals surface area contributed by atoms with Crippen LogP contribution in [0.25, 0.3) is 6.08 Å². The standard InChI is InChI=1S/C16H10Cl2F3NO2/c17-11-3-1-10(14(18)9-11)2-8-15(23)22-12-4-6-13(7-5-12)24-16(19,20)21/h1-9H,(H,22,23). The summed E-state index contributed by atoms with van der Waals surface area (Å²) in [6, 6.07) is 9.61. The minimum absolute atomic E-state index is 0.321. The molecule has 0 spiro atoms. The van der Waals surface area contributed by atoms with Crippen LogP contribution in [0.5, 0.6) is 5.75 Å². The van der Waals surface area contributed by atoms with E-state index in [2.05, 4.69) is 10.1 Å². The molecular formula is C16H10Cl2F3NO2. The van der Waals surface area contributed by atoms with Crippen molar-refractivity contribution >= 4 is 40.9 Å². The van der Waals surface area contributed by atoms with Crippen molar-refractivity contribution in [2.24, 2.45) is 0 Å². The van der Waals surface area contributed by atoms with Crippen molar-refractivity contribution in [2.45, 2.75) is 6.36 Å². The number of amides is 1. The quantitative estimate of drug-likeness (QED) is 0.712. The second kappa shape index (κ2) is 7.59. The lowest BCUT2D eigenvalue weighted by molar-refractivity contribution is -0.274. The van der Waals surface area contributed by atoms with Crippen LogP contribution in [-0.2, 0) is 4.79 Å². The minimum atomic E-state index is -4.76. The molecule has 2 aromatic rings. The lowest BCUT2D eigenvalue weighted by Crippen LogP contribution is -2.17. The average Bonchev–Trinajstić information content (AvgIpc) is 2.47. The van der Waals surface area contributed by atoms with E-state index in [-0.39, 0.29) is 5.75 Å². The van der Waals surface area contributed by atoms with E-state index in [1.54, 1.807) is 18.2 Å². The molecule has 0 aliphatic heterocycles. The van der Waals surface area contributed by atoms with Crippen LogP contribution in [-0.4, -0.2) is 12.3 Å². The number of ether oxygens (including phenoxy) is 1. The zero-order valence-corrected chi connectivity index (χ0v) is 13.4. The number of alkyl halides is 3. The van der Waals surface area contributed by atoms with Crippen LogP contribution >= 0.6 is 23.2 Å². The third kappa shape index (κ3) is 5.79. The van der Waals surface area contributed by atoms with Gasteiger partial charge in [-0.15, -0.1) is 13.2 Å². The fraction of sp³-hybridized carbons (Fsp3) is 0.0625. The van der Waals surface area contributed by atoms with Crippen molar-refractivity contribution in [3.8, 4) is 5.75 Å². The molecule has 0 saturated heterocycles. The first-order valence-corrected chi connectivity index (χ1v) is 7.28. The first-order chi connectivity index (χ1) is 11.2. The summed E-state index contributed by atoms with van der Waals surface area (Å²) in [6.07, 6.45) is -2.02. The molecule has 1 N–H and O–H groups in total. The van der Waals surface area contributed by atoms with Crippen LogP contribution in [0.3, 0.4) is 0 Å². The Labute approximate surface area is 145 Å². The van der Waals surface area contributed by atoms with Gasteiger partial charge in [-0.05, 0) is 48.0 Å². The van der Waals surface area contributed by atoms with Gasteiger partial charge in [0.1, 0.15) is 5.75 Å². The van der Waals surface area contributed by atoms with Gasteiger partial charge in [0.25, 0.3) is 0 Å². The molecule has 0 saturated carbocycles. The Morgan fingerprint density at radius 1 is 1.08 bits per heavy atom. The van der Waals surface area contributed by atoms with Crippen LogP contribution in [0.4, 0.5) is 18.9 Å². The highest BCUT2D eigenvalue weighted by Gasteiger charge is 2.30. The van der Waals surface area contributed by atoms with E-state index in [0.717, 1.165) is 12.1 Å². The first-order valence-electron chi connectivity index (χ1n) is 6.53. The number of hydrogen-bond acceptors (Lipinski definition) is 2. The maximum atomic E-state index is 12.1. The normalized spacial score (nSPS) is 11.5. The van der Waals surface area contributed by atoms with Crippen molar-refractivity contribution in [3.05, 3.63) is 64.1 Å². The van der Waals surface area contributed by atoms with Crippen LogP contribution in [0.1, 0.15) is 5.56 Å². The van der Waals surface area contributed by atoms with Gasteiger partial charge in [-0.2, -0.15) is 0 Å². The number of halogens is 5. The number of anilines is 1. The smallest absolute Gasteiger partial charge is 0.406 e. The Morgan fingerprint density at radius 3 is 2.33 bits per heavy atom. The van der Waals surface area contributed by atoms with Crippen LogP contribution < -0.4 is 10.1 Å². The SMILES string of the molecule is O=C(C=Cc1ccc(Cl)cc1Cl)Nc1ccc(OC(F)(F)F)cc1. The third-order valence-electron chi connectivity index (χ3n) is 2.73. The summed E-state index contributed by atoms with van der Waals surface area (Å²) in [5.41, 5.74) is 0.923. The van der Waals surface area contributed by atoms with E-state index in [4.69, 9.17) is 23.2 Å². The summed E-state index contributed by atoms with van der Waals surface area (Å²) in [7, 11) is 0. The van der Waals surface area contributed by atoms with Crippen LogP contribution in [0.15, 0.2) is 48.5 Å². The average molecular weight is 376 g/mol. The molecule has 8 heteroatoms. The molecule has 0 aliphatic rings. The highest BCUT2D eigenvalue weighted by molar-refractivity contribution is 6.35. The summed E-state index contributed by atoms with van der Waals surface area (Å²) in [4.78, 5) is 11.8. The second-order valence-electron chi connectivity index (χ2n) is 4.56. The van der Waals surface area contributed by atoms with E-state index in [1.807, 2.05) is 0 Å². The predicted molar refractivity (Wildman–Crippen MR) is 87.3 cm³/mol. The molecule has 24 heavy (non-hydrogen) atoms. The molecule has 0 aromatic heterocycles. The monoisotopic (exact) mass is 375 g/mol. The first kappa shape index (κ1) is 18.2. The lowest BCUT2D eigenvalue weighted by Gasteiger charge is -2.09. The molecule has 0 fully saturated rings. The number of carbonyl (C=O) groups is 1. The molecule has 0 unspecified atom stereocenters. The van der Waals surface area contributed by atoms with Gasteiger partial charge in [0.05, 0.1) is 0 Å². The fourth-order valence-electron chi connectivity index (χ4n) is 1.73.